The van der Waals surface area contributed by atoms with Gasteiger partial charge in [-0.1, -0.05) is 17.9 Å². The summed E-state index contributed by atoms with van der Waals surface area (Å²) in [6.07, 6.45) is -0.379. The first-order chi connectivity index (χ1) is 13.0. The van der Waals surface area contributed by atoms with Crippen molar-refractivity contribution in [2.75, 3.05) is 29.9 Å². The lowest BCUT2D eigenvalue weighted by Crippen LogP contribution is -2.29. The Hall–Kier alpha value is -3.60. The number of urea groups is 1. The van der Waals surface area contributed by atoms with Crippen LogP contribution >= 0.6 is 0 Å². The molecule has 2 aromatic carbocycles. The molecule has 0 radical (unpaired) electrons. The van der Waals surface area contributed by atoms with Gasteiger partial charge in [0.2, 0.25) is 0 Å². The number of para-hydroxylation sites is 1. The second-order valence-electron chi connectivity index (χ2n) is 5.52. The SMILES string of the molecule is O=C(NCC#Cc1ccc(N2CCOC2=O)cc1)Nc1c(F)cccc1F. The number of carbonyl (C=O) groups excluding carboxylic acids is 2. The van der Waals surface area contributed by atoms with Crippen molar-refractivity contribution in [3.8, 4) is 11.8 Å². The van der Waals surface area contributed by atoms with Crippen molar-refractivity contribution in [3.63, 3.8) is 0 Å². The lowest BCUT2D eigenvalue weighted by atomic mass is 10.2. The Labute approximate surface area is 154 Å². The van der Waals surface area contributed by atoms with Crippen molar-refractivity contribution >= 4 is 23.5 Å². The number of halogens is 2. The topological polar surface area (TPSA) is 70.7 Å². The van der Waals surface area contributed by atoms with Gasteiger partial charge in [0.1, 0.15) is 23.9 Å². The minimum absolute atomic E-state index is 0.0118. The fourth-order valence-corrected chi connectivity index (χ4v) is 2.40. The Balaban J connectivity index is 1.51. The number of anilines is 2. The third-order valence-electron chi connectivity index (χ3n) is 3.71. The van der Waals surface area contributed by atoms with E-state index in [0.717, 1.165) is 12.1 Å². The molecule has 0 aliphatic carbocycles. The van der Waals surface area contributed by atoms with E-state index in [0.29, 0.717) is 24.4 Å². The summed E-state index contributed by atoms with van der Waals surface area (Å²) in [4.78, 5) is 24.7. The lowest BCUT2D eigenvalue weighted by Gasteiger charge is -2.11. The van der Waals surface area contributed by atoms with E-state index in [1.54, 1.807) is 24.3 Å². The number of nitrogens with one attached hydrogen (secondary N) is 2. The second-order valence-corrected chi connectivity index (χ2v) is 5.52. The first-order valence-electron chi connectivity index (χ1n) is 8.06. The molecule has 1 aliphatic rings. The number of cyclic esters (lactones) is 1. The van der Waals surface area contributed by atoms with Crippen LogP contribution in [0.4, 0.5) is 29.7 Å². The van der Waals surface area contributed by atoms with Crippen LogP contribution in [-0.2, 0) is 4.74 Å². The highest BCUT2D eigenvalue weighted by molar-refractivity contribution is 5.90. The Bertz CT molecular complexity index is 900. The number of rotatable bonds is 3. The van der Waals surface area contributed by atoms with E-state index in [2.05, 4.69) is 22.5 Å². The van der Waals surface area contributed by atoms with Gasteiger partial charge in [-0.15, -0.1) is 0 Å². The highest BCUT2D eigenvalue weighted by atomic mass is 19.1. The predicted octanol–water partition coefficient (Wildman–Crippen LogP) is 3.09. The molecule has 8 heteroatoms. The van der Waals surface area contributed by atoms with Crippen molar-refractivity contribution in [2.45, 2.75) is 0 Å². The molecule has 0 aromatic heterocycles. The van der Waals surface area contributed by atoms with E-state index in [1.165, 1.54) is 11.0 Å². The molecular weight excluding hydrogens is 356 g/mol. The monoisotopic (exact) mass is 371 g/mol. The maximum atomic E-state index is 13.4. The number of hydrogen-bond donors (Lipinski definition) is 2. The van der Waals surface area contributed by atoms with Crippen LogP contribution in [0.3, 0.4) is 0 Å². The van der Waals surface area contributed by atoms with Crippen LogP contribution in [-0.4, -0.2) is 31.8 Å². The fourth-order valence-electron chi connectivity index (χ4n) is 2.40. The largest absolute Gasteiger partial charge is 0.447 e. The van der Waals surface area contributed by atoms with Crippen molar-refractivity contribution in [3.05, 3.63) is 59.7 Å². The van der Waals surface area contributed by atoms with Crippen LogP contribution in [0.15, 0.2) is 42.5 Å². The molecule has 1 heterocycles. The molecule has 3 amide bonds. The van der Waals surface area contributed by atoms with Gasteiger partial charge in [0.05, 0.1) is 13.1 Å². The molecule has 0 spiro atoms. The van der Waals surface area contributed by atoms with Crippen LogP contribution < -0.4 is 15.5 Å². The van der Waals surface area contributed by atoms with Gasteiger partial charge in [0, 0.05) is 11.3 Å². The van der Waals surface area contributed by atoms with Gasteiger partial charge in [-0.05, 0) is 36.4 Å². The molecule has 2 aromatic rings. The summed E-state index contributed by atoms with van der Waals surface area (Å²) in [6, 6.07) is 9.50. The molecule has 3 rings (SSSR count). The average Bonchev–Trinajstić information content (AvgIpc) is 3.08. The maximum absolute atomic E-state index is 13.4. The minimum Gasteiger partial charge on any atom is -0.447 e. The van der Waals surface area contributed by atoms with Gasteiger partial charge in [0.25, 0.3) is 0 Å². The molecule has 0 unspecified atom stereocenters. The summed E-state index contributed by atoms with van der Waals surface area (Å²) in [5.74, 6) is 3.85. The number of nitrogens with zero attached hydrogens (tertiary/aromatic N) is 1. The fraction of sp³-hybridized carbons (Fsp3) is 0.158. The Morgan fingerprint density at radius 1 is 1.15 bits per heavy atom. The average molecular weight is 371 g/mol. The smallest absolute Gasteiger partial charge is 0.414 e. The summed E-state index contributed by atoms with van der Waals surface area (Å²) in [5, 5.41) is 4.49. The van der Waals surface area contributed by atoms with Crippen LogP contribution in [0.25, 0.3) is 0 Å². The highest BCUT2D eigenvalue weighted by Crippen LogP contribution is 2.19. The molecule has 27 heavy (non-hydrogen) atoms. The van der Waals surface area contributed by atoms with Crippen molar-refractivity contribution in [1.29, 1.82) is 0 Å². The van der Waals surface area contributed by atoms with Gasteiger partial charge >= 0.3 is 12.1 Å². The Kier molecular flexibility index (Phi) is 5.52. The predicted molar refractivity (Wildman–Crippen MR) is 95.4 cm³/mol. The number of ether oxygens (including phenoxy) is 1. The first kappa shape index (κ1) is 18.2. The molecular formula is C19H15F2N3O3. The molecule has 138 valence electrons. The maximum Gasteiger partial charge on any atom is 0.414 e. The van der Waals surface area contributed by atoms with Crippen LogP contribution in [0.1, 0.15) is 5.56 Å². The lowest BCUT2D eigenvalue weighted by molar-refractivity contribution is 0.181. The van der Waals surface area contributed by atoms with Gasteiger partial charge in [-0.2, -0.15) is 0 Å². The number of carbonyl (C=O) groups is 2. The molecule has 1 fully saturated rings. The summed E-state index contributed by atoms with van der Waals surface area (Å²) < 4.78 is 31.8. The van der Waals surface area contributed by atoms with Crippen molar-refractivity contribution < 1.29 is 23.1 Å². The summed E-state index contributed by atoms with van der Waals surface area (Å²) >= 11 is 0. The van der Waals surface area contributed by atoms with E-state index in [1.807, 2.05) is 0 Å². The molecule has 0 bridgehead atoms. The standard InChI is InChI=1S/C19H15F2N3O3/c20-15-4-1-5-16(21)17(15)23-18(25)22-10-2-3-13-6-8-14(9-7-13)24-11-12-27-19(24)26/h1,4-9H,10-12H2,(H2,22,23,25). The van der Waals surface area contributed by atoms with Crippen LogP contribution in [0, 0.1) is 23.5 Å². The molecule has 1 aliphatic heterocycles. The highest BCUT2D eigenvalue weighted by Gasteiger charge is 2.23. The van der Waals surface area contributed by atoms with E-state index in [-0.39, 0.29) is 12.6 Å². The normalized spacial score (nSPS) is 12.8. The van der Waals surface area contributed by atoms with E-state index in [9.17, 15) is 18.4 Å². The van der Waals surface area contributed by atoms with Gasteiger partial charge in [0.15, 0.2) is 0 Å². The molecule has 6 nitrogen and oxygen atoms in total. The molecule has 2 N–H and O–H groups in total. The van der Waals surface area contributed by atoms with E-state index in [4.69, 9.17) is 4.74 Å². The zero-order valence-corrected chi connectivity index (χ0v) is 14.1. The zero-order valence-electron chi connectivity index (χ0n) is 14.1. The van der Waals surface area contributed by atoms with Gasteiger partial charge in [-0.25, -0.2) is 18.4 Å². The summed E-state index contributed by atoms with van der Waals surface area (Å²) in [7, 11) is 0. The Morgan fingerprint density at radius 3 is 2.48 bits per heavy atom. The quantitative estimate of drug-likeness (QED) is 0.815. The number of hydrogen-bond acceptors (Lipinski definition) is 3. The van der Waals surface area contributed by atoms with Crippen molar-refractivity contribution in [1.82, 2.24) is 5.32 Å². The van der Waals surface area contributed by atoms with Crippen molar-refractivity contribution in [2.24, 2.45) is 0 Å². The first-order valence-corrected chi connectivity index (χ1v) is 8.06. The third kappa shape index (κ3) is 4.52. The van der Waals surface area contributed by atoms with Crippen LogP contribution in [0.5, 0.6) is 0 Å². The molecule has 1 saturated heterocycles. The third-order valence-corrected chi connectivity index (χ3v) is 3.71. The van der Waals surface area contributed by atoms with Gasteiger partial charge < -0.3 is 15.4 Å². The summed E-state index contributed by atoms with van der Waals surface area (Å²) in [5.41, 5.74) is 0.889. The second kappa shape index (κ2) is 8.19. The number of amides is 3. The van der Waals surface area contributed by atoms with Gasteiger partial charge in [-0.3, -0.25) is 4.90 Å². The Morgan fingerprint density at radius 2 is 1.85 bits per heavy atom. The van der Waals surface area contributed by atoms with E-state index >= 15 is 0 Å². The van der Waals surface area contributed by atoms with Crippen LogP contribution in [0.2, 0.25) is 0 Å². The molecule has 0 atom stereocenters. The minimum atomic E-state index is -0.863. The zero-order chi connectivity index (χ0) is 19.2. The summed E-state index contributed by atoms with van der Waals surface area (Å²) in [6.45, 7) is 0.860. The van der Waals surface area contributed by atoms with E-state index < -0.39 is 23.4 Å². The molecule has 0 saturated carbocycles. The number of benzene rings is 2.